The maximum atomic E-state index is 12.2. The van der Waals surface area contributed by atoms with Crippen LogP contribution in [0.15, 0.2) is 34.5 Å². The first-order chi connectivity index (χ1) is 10.6. The number of carbonyl (C=O) groups is 1. The predicted octanol–water partition coefficient (Wildman–Crippen LogP) is 3.50. The summed E-state index contributed by atoms with van der Waals surface area (Å²) in [5, 5.41) is 6.18. The predicted molar refractivity (Wildman–Crippen MR) is 94.7 cm³/mol. The maximum absolute atomic E-state index is 12.2. The lowest BCUT2D eigenvalue weighted by molar-refractivity contribution is -0.117. The molecule has 118 valence electrons. The van der Waals surface area contributed by atoms with Crippen molar-refractivity contribution in [2.75, 3.05) is 25.2 Å². The maximum Gasteiger partial charge on any atom is 0.238 e. The lowest BCUT2D eigenvalue weighted by Gasteiger charge is -2.16. The van der Waals surface area contributed by atoms with E-state index < -0.39 is 0 Å². The number of hydrogen-bond donors (Lipinski definition) is 1. The van der Waals surface area contributed by atoms with Gasteiger partial charge in [-0.05, 0) is 31.9 Å². The summed E-state index contributed by atoms with van der Waals surface area (Å²) in [5.74, 6) is -0.00468. The summed E-state index contributed by atoms with van der Waals surface area (Å²) in [6.45, 7) is 3.14. The molecule has 2 aromatic rings. The highest BCUT2D eigenvalue weighted by Crippen LogP contribution is 2.24. The van der Waals surface area contributed by atoms with Crippen LogP contribution in [-0.2, 0) is 17.8 Å². The fraction of sp³-hybridized carbons (Fsp3) is 0.375. The topological polar surface area (TPSA) is 45.2 Å². The number of nitrogens with zero attached hydrogens (tertiary/aromatic N) is 2. The molecule has 0 aliphatic heterocycles. The molecular formula is C16H21N3OS2. The number of anilines is 1. The zero-order valence-electron chi connectivity index (χ0n) is 13.1. The molecule has 0 aliphatic carbocycles. The summed E-state index contributed by atoms with van der Waals surface area (Å²) in [5.41, 5.74) is 1.90. The summed E-state index contributed by atoms with van der Waals surface area (Å²) in [6.07, 6.45) is 2.96. The molecule has 1 aromatic heterocycles. The minimum atomic E-state index is -0.00468. The first-order valence-electron chi connectivity index (χ1n) is 7.17. The molecule has 0 saturated carbocycles. The van der Waals surface area contributed by atoms with Crippen LogP contribution in [0.5, 0.6) is 0 Å². The molecule has 6 heteroatoms. The number of likely N-dealkylation sites (N-methyl/N-ethyl adjacent to an activating group) is 1. The van der Waals surface area contributed by atoms with E-state index in [1.54, 1.807) is 23.1 Å². The van der Waals surface area contributed by atoms with Crippen LogP contribution in [0.25, 0.3) is 0 Å². The van der Waals surface area contributed by atoms with Crippen LogP contribution in [0.3, 0.4) is 0 Å². The second-order valence-corrected chi connectivity index (χ2v) is 6.80. The van der Waals surface area contributed by atoms with Crippen LogP contribution in [0.4, 0.5) is 5.69 Å². The van der Waals surface area contributed by atoms with E-state index in [1.165, 1.54) is 0 Å². The number of nitrogens with one attached hydrogen (secondary N) is 1. The largest absolute Gasteiger partial charge is 0.324 e. The Morgan fingerprint density at radius 2 is 2.18 bits per heavy atom. The van der Waals surface area contributed by atoms with Crippen LogP contribution in [-0.4, -0.2) is 35.6 Å². The van der Waals surface area contributed by atoms with E-state index in [9.17, 15) is 4.79 Å². The van der Waals surface area contributed by atoms with Gasteiger partial charge in [0.15, 0.2) is 0 Å². The minimum Gasteiger partial charge on any atom is -0.324 e. The first kappa shape index (κ1) is 17.0. The standard InChI is InChI=1S/C16H21N3OS2/c1-4-16-17-12(11-22-16)9-19(2)10-15(20)18-13-7-5-6-8-14(13)21-3/h5-8,11H,4,9-10H2,1-3H3,(H,18,20). The molecule has 0 unspecified atom stereocenters. The van der Waals surface area contributed by atoms with E-state index in [-0.39, 0.29) is 5.91 Å². The Kier molecular flexibility index (Phi) is 6.42. The van der Waals surface area contributed by atoms with Crippen LogP contribution >= 0.6 is 23.1 Å². The van der Waals surface area contributed by atoms with E-state index in [0.717, 1.165) is 27.7 Å². The van der Waals surface area contributed by atoms with Crippen molar-refractivity contribution in [1.82, 2.24) is 9.88 Å². The number of aromatic nitrogens is 1. The second-order valence-electron chi connectivity index (χ2n) is 5.01. The van der Waals surface area contributed by atoms with Gasteiger partial charge >= 0.3 is 0 Å². The molecule has 0 spiro atoms. The van der Waals surface area contributed by atoms with E-state index in [4.69, 9.17) is 0 Å². The van der Waals surface area contributed by atoms with E-state index in [0.29, 0.717) is 13.1 Å². The van der Waals surface area contributed by atoms with Gasteiger partial charge < -0.3 is 5.32 Å². The number of carbonyl (C=O) groups excluding carboxylic acids is 1. The molecule has 0 fully saturated rings. The van der Waals surface area contributed by atoms with Crippen molar-refractivity contribution < 1.29 is 4.79 Å². The molecule has 0 aliphatic rings. The van der Waals surface area contributed by atoms with Crippen molar-refractivity contribution in [3.05, 3.63) is 40.3 Å². The zero-order valence-corrected chi connectivity index (χ0v) is 14.8. The lowest BCUT2D eigenvalue weighted by Crippen LogP contribution is -2.30. The van der Waals surface area contributed by atoms with Crippen LogP contribution < -0.4 is 5.32 Å². The number of rotatable bonds is 7. The molecule has 0 saturated heterocycles. The van der Waals surface area contributed by atoms with Gasteiger partial charge in [-0.15, -0.1) is 23.1 Å². The molecule has 0 bridgehead atoms. The van der Waals surface area contributed by atoms with Gasteiger partial charge in [-0.3, -0.25) is 9.69 Å². The number of amides is 1. The van der Waals surface area contributed by atoms with Crippen molar-refractivity contribution in [3.8, 4) is 0 Å². The molecule has 2 rings (SSSR count). The minimum absolute atomic E-state index is 0.00468. The number of thioether (sulfide) groups is 1. The van der Waals surface area contributed by atoms with Crippen LogP contribution in [0.1, 0.15) is 17.6 Å². The summed E-state index contributed by atoms with van der Waals surface area (Å²) in [6, 6.07) is 7.84. The van der Waals surface area contributed by atoms with Crippen molar-refractivity contribution in [1.29, 1.82) is 0 Å². The Balaban J connectivity index is 1.88. The number of hydrogen-bond acceptors (Lipinski definition) is 5. The second kappa shape index (κ2) is 8.31. The van der Waals surface area contributed by atoms with E-state index >= 15 is 0 Å². The van der Waals surface area contributed by atoms with Gasteiger partial charge in [-0.25, -0.2) is 4.98 Å². The number of aryl methyl sites for hydroxylation is 1. The normalized spacial score (nSPS) is 10.9. The van der Waals surface area contributed by atoms with E-state index in [2.05, 4.69) is 22.6 Å². The molecule has 4 nitrogen and oxygen atoms in total. The molecule has 1 amide bonds. The van der Waals surface area contributed by atoms with Gasteiger partial charge in [-0.1, -0.05) is 19.1 Å². The van der Waals surface area contributed by atoms with Gasteiger partial charge in [0.25, 0.3) is 0 Å². The first-order valence-corrected chi connectivity index (χ1v) is 9.27. The third-order valence-corrected chi connectivity index (χ3v) is 4.97. The number of benzene rings is 1. The monoisotopic (exact) mass is 335 g/mol. The third kappa shape index (κ3) is 4.83. The zero-order chi connectivity index (χ0) is 15.9. The Morgan fingerprint density at radius 3 is 2.86 bits per heavy atom. The highest BCUT2D eigenvalue weighted by Gasteiger charge is 2.11. The smallest absolute Gasteiger partial charge is 0.238 e. The summed E-state index contributed by atoms with van der Waals surface area (Å²) in [4.78, 5) is 19.7. The average Bonchev–Trinajstić information content (AvgIpc) is 2.95. The number of para-hydroxylation sites is 1. The fourth-order valence-electron chi connectivity index (χ4n) is 2.10. The molecule has 22 heavy (non-hydrogen) atoms. The molecule has 0 atom stereocenters. The van der Waals surface area contributed by atoms with Gasteiger partial charge in [0, 0.05) is 16.8 Å². The van der Waals surface area contributed by atoms with Crippen molar-refractivity contribution >= 4 is 34.7 Å². The molecular weight excluding hydrogens is 314 g/mol. The summed E-state index contributed by atoms with van der Waals surface area (Å²) < 4.78 is 0. The highest BCUT2D eigenvalue weighted by molar-refractivity contribution is 7.98. The Labute approximate surface area is 139 Å². The van der Waals surface area contributed by atoms with Crippen molar-refractivity contribution in [2.45, 2.75) is 24.8 Å². The van der Waals surface area contributed by atoms with Crippen LogP contribution in [0.2, 0.25) is 0 Å². The van der Waals surface area contributed by atoms with E-state index in [1.807, 2.05) is 42.5 Å². The Bertz CT molecular complexity index is 627. The van der Waals surface area contributed by atoms with Crippen molar-refractivity contribution in [2.24, 2.45) is 0 Å². The quantitative estimate of drug-likeness (QED) is 0.787. The number of thiazole rings is 1. The lowest BCUT2D eigenvalue weighted by atomic mass is 10.3. The van der Waals surface area contributed by atoms with Gasteiger partial charge in [0.1, 0.15) is 0 Å². The molecule has 1 heterocycles. The molecule has 1 N–H and O–H groups in total. The summed E-state index contributed by atoms with van der Waals surface area (Å²) in [7, 11) is 1.94. The summed E-state index contributed by atoms with van der Waals surface area (Å²) >= 11 is 3.30. The SMILES string of the molecule is CCc1nc(CN(C)CC(=O)Nc2ccccc2SC)cs1. The van der Waals surface area contributed by atoms with Crippen molar-refractivity contribution in [3.63, 3.8) is 0 Å². The average molecular weight is 335 g/mol. The van der Waals surface area contributed by atoms with Gasteiger partial charge in [-0.2, -0.15) is 0 Å². The van der Waals surface area contributed by atoms with Crippen LogP contribution in [0, 0.1) is 0 Å². The molecule has 1 aromatic carbocycles. The Hall–Kier alpha value is -1.37. The highest BCUT2D eigenvalue weighted by atomic mass is 32.2. The molecule has 0 radical (unpaired) electrons. The fourth-order valence-corrected chi connectivity index (χ4v) is 3.39. The third-order valence-electron chi connectivity index (χ3n) is 3.13. The Morgan fingerprint density at radius 1 is 1.41 bits per heavy atom. The van der Waals surface area contributed by atoms with Gasteiger partial charge in [0.05, 0.1) is 22.9 Å². The van der Waals surface area contributed by atoms with Gasteiger partial charge in [0.2, 0.25) is 5.91 Å².